The van der Waals surface area contributed by atoms with Crippen LogP contribution in [0.2, 0.25) is 0 Å². The molecule has 4 N–H and O–H groups in total. The molecule has 0 heterocycles. The van der Waals surface area contributed by atoms with E-state index in [1.54, 1.807) is 12.1 Å². The van der Waals surface area contributed by atoms with E-state index in [0.717, 1.165) is 89.3 Å². The zero-order valence-electron chi connectivity index (χ0n) is 40.1. The Hall–Kier alpha value is -8.15. The van der Waals surface area contributed by atoms with Crippen LogP contribution in [0.25, 0.3) is 66.8 Å². The van der Waals surface area contributed by atoms with E-state index < -0.39 is 0 Å². The Morgan fingerprint density at radius 2 is 0.778 bits per heavy atom. The summed E-state index contributed by atoms with van der Waals surface area (Å²) in [7, 11) is 0. The van der Waals surface area contributed by atoms with Crippen molar-refractivity contribution in [1.82, 2.24) is 5.32 Å². The quantitative estimate of drug-likeness (QED) is 0.0439. The smallest absolute Gasteiger partial charge is 0.513 e. The van der Waals surface area contributed by atoms with E-state index in [9.17, 15) is 10.2 Å². The molecule has 0 aromatic heterocycles. The molecule has 7 heteroatoms. The van der Waals surface area contributed by atoms with E-state index in [1.165, 1.54) is 0 Å². The van der Waals surface area contributed by atoms with Gasteiger partial charge in [-0.15, -0.1) is 0 Å². The summed E-state index contributed by atoms with van der Waals surface area (Å²) in [4.78, 5) is 4.11. The summed E-state index contributed by atoms with van der Waals surface area (Å²) in [6, 6.07) is 82.7. The number of hydrogen-bond donors (Lipinski definition) is 4. The van der Waals surface area contributed by atoms with Crippen molar-refractivity contribution in [2.45, 2.75) is 13.8 Å². The topological polar surface area (TPSA) is 71.0 Å². The SMILES string of the molecule is Cc1ccccc1N([CH-]Nc1cc(-c2c(-c3ccccc3)cccc2-c2ccccc2)ccc1O)CN[CH-]N(c1ccccc1C)c1cc(-c2c(-c3ccccc3)cccc2-c2ccccc2)ccc1O.[Pt+2]. The summed E-state index contributed by atoms with van der Waals surface area (Å²) < 4.78 is 0. The van der Waals surface area contributed by atoms with Crippen molar-refractivity contribution >= 4 is 22.7 Å². The third kappa shape index (κ3) is 10.6. The van der Waals surface area contributed by atoms with Crippen LogP contribution in [0.1, 0.15) is 11.1 Å². The molecular formula is C65H54N4O2Pt. The van der Waals surface area contributed by atoms with Gasteiger partial charge in [0.25, 0.3) is 0 Å². The maximum Gasteiger partial charge on any atom is 2.00 e. The van der Waals surface area contributed by atoms with Gasteiger partial charge < -0.3 is 30.6 Å². The first-order valence-electron chi connectivity index (χ1n) is 23.9. The van der Waals surface area contributed by atoms with E-state index >= 15 is 0 Å². The summed E-state index contributed by atoms with van der Waals surface area (Å²) >= 11 is 0. The van der Waals surface area contributed by atoms with Crippen LogP contribution in [-0.2, 0) is 21.1 Å². The van der Waals surface area contributed by atoms with Crippen molar-refractivity contribution < 1.29 is 31.3 Å². The number of phenolic OH excluding ortho intramolecular Hbond substituents is 2. The van der Waals surface area contributed by atoms with Gasteiger partial charge in [0.05, 0.1) is 5.69 Å². The molecule has 0 fully saturated rings. The minimum absolute atomic E-state index is 0. The second-order valence-corrected chi connectivity index (χ2v) is 17.5. The Bertz CT molecular complexity index is 3290. The summed E-state index contributed by atoms with van der Waals surface area (Å²) in [5, 5.41) is 30.4. The van der Waals surface area contributed by atoms with Crippen molar-refractivity contribution in [3.05, 3.63) is 267 Å². The average Bonchev–Trinajstić information content (AvgIpc) is 3.42. The minimum atomic E-state index is 0. The van der Waals surface area contributed by atoms with Crippen molar-refractivity contribution in [1.29, 1.82) is 0 Å². The molecule has 0 unspecified atom stereocenters. The Morgan fingerprint density at radius 3 is 1.24 bits per heavy atom. The first kappa shape index (κ1) is 48.9. The molecule has 0 spiro atoms. The first-order valence-corrected chi connectivity index (χ1v) is 23.9. The van der Waals surface area contributed by atoms with Gasteiger partial charge >= 0.3 is 21.1 Å². The van der Waals surface area contributed by atoms with Crippen molar-refractivity contribution in [2.75, 3.05) is 21.8 Å². The van der Waals surface area contributed by atoms with Crippen LogP contribution in [0, 0.1) is 27.2 Å². The molecule has 0 aliphatic heterocycles. The van der Waals surface area contributed by atoms with Crippen molar-refractivity contribution in [3.63, 3.8) is 0 Å². The number of nitrogens with one attached hydrogen (secondary N) is 2. The van der Waals surface area contributed by atoms with Crippen LogP contribution in [0.5, 0.6) is 11.5 Å². The molecule has 0 radical (unpaired) electrons. The van der Waals surface area contributed by atoms with E-state index in [4.69, 9.17) is 0 Å². The minimum Gasteiger partial charge on any atom is -0.513 e. The van der Waals surface area contributed by atoms with Gasteiger partial charge in [-0.3, -0.25) is 0 Å². The van der Waals surface area contributed by atoms with Gasteiger partial charge in [-0.1, -0.05) is 206 Å². The molecule has 10 rings (SSSR count). The fourth-order valence-corrected chi connectivity index (χ4v) is 9.41. The van der Waals surface area contributed by atoms with Gasteiger partial charge in [-0.25, -0.2) is 0 Å². The second-order valence-electron chi connectivity index (χ2n) is 17.5. The molecule has 10 aromatic carbocycles. The molecule has 0 atom stereocenters. The standard InChI is InChI=1S/C65H54N4O2.Pt/c1-46-21-15-17-35-59(46)68(45-67-58-41-52(37-39-62(58)70)64-54(48-23-7-3-8-24-48)31-19-32-55(64)49-25-9-4-10-26-49)43-66-44-69(60-36-18-16-22-47(60)2)61-42-53(38-40-63(61)71)65-56(50-27-11-5-12-28-50)33-20-34-57(65)51-29-13-6-14-30-51;/h3-42,44-45,66-67,70-71H,43H2,1-2H3;/q-2;+2. The Morgan fingerprint density at radius 1 is 0.375 bits per heavy atom. The van der Waals surface area contributed by atoms with Crippen LogP contribution in [-0.4, -0.2) is 16.9 Å². The summed E-state index contributed by atoms with van der Waals surface area (Å²) in [6.07, 6.45) is 0. The number of hydrogen-bond acceptors (Lipinski definition) is 6. The van der Waals surface area contributed by atoms with Gasteiger partial charge in [0.2, 0.25) is 0 Å². The molecule has 0 saturated carbocycles. The van der Waals surface area contributed by atoms with E-state index in [0.29, 0.717) is 18.0 Å². The van der Waals surface area contributed by atoms with E-state index in [-0.39, 0.29) is 32.6 Å². The monoisotopic (exact) mass is 1120 g/mol. The number of aryl methyl sites for hydroxylation is 2. The number of nitrogens with zero attached hydrogens (tertiary/aromatic N) is 2. The maximum atomic E-state index is 11.9. The third-order valence-electron chi connectivity index (χ3n) is 12.9. The predicted molar refractivity (Wildman–Crippen MR) is 296 cm³/mol. The molecule has 6 nitrogen and oxygen atoms in total. The van der Waals surface area contributed by atoms with Crippen molar-refractivity contribution in [2.24, 2.45) is 0 Å². The normalized spacial score (nSPS) is 10.9. The Kier molecular flexibility index (Phi) is 15.4. The zero-order valence-corrected chi connectivity index (χ0v) is 42.3. The van der Waals surface area contributed by atoms with Crippen LogP contribution in [0.3, 0.4) is 0 Å². The number of phenols is 2. The number of rotatable bonds is 16. The summed E-state index contributed by atoms with van der Waals surface area (Å²) in [6.45, 7) is 8.30. The van der Waals surface area contributed by atoms with Crippen LogP contribution in [0.4, 0.5) is 22.7 Å². The molecule has 356 valence electrons. The van der Waals surface area contributed by atoms with Gasteiger partial charge in [0.1, 0.15) is 11.5 Å². The summed E-state index contributed by atoms with van der Waals surface area (Å²) in [5.41, 5.74) is 18.0. The average molecular weight is 1120 g/mol. The van der Waals surface area contributed by atoms with E-state index in [1.807, 2.05) is 85.0 Å². The van der Waals surface area contributed by atoms with Crippen molar-refractivity contribution in [3.8, 4) is 78.3 Å². The van der Waals surface area contributed by atoms with Crippen LogP contribution in [0.15, 0.2) is 243 Å². The van der Waals surface area contributed by atoms with Gasteiger partial charge in [0.15, 0.2) is 0 Å². The molecule has 72 heavy (non-hydrogen) atoms. The number of benzene rings is 10. The first-order chi connectivity index (χ1) is 34.9. The van der Waals surface area contributed by atoms with Gasteiger partial charge in [-0.2, -0.15) is 13.3 Å². The Balaban J connectivity index is 0.00000640. The molecule has 0 aliphatic carbocycles. The van der Waals surface area contributed by atoms with E-state index in [2.05, 4.69) is 193 Å². The van der Waals surface area contributed by atoms with Gasteiger partial charge in [-0.05, 0) is 128 Å². The summed E-state index contributed by atoms with van der Waals surface area (Å²) in [5.74, 6) is 0.259. The predicted octanol–water partition coefficient (Wildman–Crippen LogP) is 16.3. The Labute approximate surface area is 437 Å². The molecule has 0 bridgehead atoms. The zero-order chi connectivity index (χ0) is 48.5. The molecule has 0 saturated heterocycles. The number of aromatic hydroxyl groups is 2. The largest absolute Gasteiger partial charge is 2.00 e. The maximum absolute atomic E-state index is 11.9. The van der Waals surface area contributed by atoms with Crippen LogP contribution >= 0.6 is 0 Å². The van der Waals surface area contributed by atoms with Crippen LogP contribution < -0.4 is 20.4 Å². The molecule has 0 amide bonds. The fraction of sp³-hybridized carbons (Fsp3) is 0.0462. The number of anilines is 4. The molecule has 0 aliphatic rings. The second kappa shape index (κ2) is 22.7. The molecular weight excluding hydrogens is 1060 g/mol. The van der Waals surface area contributed by atoms with Gasteiger partial charge in [0, 0.05) is 23.7 Å². The fourth-order valence-electron chi connectivity index (χ4n) is 9.41. The molecule has 10 aromatic rings. The third-order valence-corrected chi connectivity index (χ3v) is 12.9. The number of para-hydroxylation sites is 2.